The Balaban J connectivity index is 2.17. The maximum absolute atomic E-state index is 12.7. The molecule has 1 aliphatic rings. The minimum absolute atomic E-state index is 0.141. The second-order valence-electron chi connectivity index (χ2n) is 5.80. The summed E-state index contributed by atoms with van der Waals surface area (Å²) < 4.78 is 0. The quantitative estimate of drug-likeness (QED) is 0.842. The molecule has 0 saturated carbocycles. The maximum atomic E-state index is 12.7. The molecule has 1 heterocycles. The number of carbonyl (C=O) groups excluding carboxylic acids is 2. The van der Waals surface area contributed by atoms with Gasteiger partial charge in [0, 0.05) is 44.0 Å². The van der Waals surface area contributed by atoms with Crippen LogP contribution in [0.2, 0.25) is 0 Å². The molecule has 0 unspecified atom stereocenters. The van der Waals surface area contributed by atoms with Crippen LogP contribution in [0, 0.1) is 0 Å². The Hall–Kier alpha value is -2.08. The first-order valence-corrected chi connectivity index (χ1v) is 8.14. The molecule has 3 N–H and O–H groups in total. The second-order valence-corrected chi connectivity index (χ2v) is 5.80. The van der Waals surface area contributed by atoms with Crippen molar-refractivity contribution in [1.82, 2.24) is 10.2 Å². The fraction of sp³-hybridized carbons (Fsp3) is 0.529. The lowest BCUT2D eigenvalue weighted by Crippen LogP contribution is -2.45. The van der Waals surface area contributed by atoms with E-state index in [1.54, 1.807) is 11.9 Å². The number of amides is 2. The van der Waals surface area contributed by atoms with Gasteiger partial charge in [-0.2, -0.15) is 0 Å². The van der Waals surface area contributed by atoms with Gasteiger partial charge >= 0.3 is 0 Å². The highest BCUT2D eigenvalue weighted by molar-refractivity contribution is 5.98. The summed E-state index contributed by atoms with van der Waals surface area (Å²) in [6.45, 7) is 6.45. The van der Waals surface area contributed by atoms with Crippen LogP contribution in [0.5, 0.6) is 0 Å². The zero-order valence-corrected chi connectivity index (χ0v) is 14.1. The van der Waals surface area contributed by atoms with Crippen molar-refractivity contribution in [3.63, 3.8) is 0 Å². The molecule has 2 rings (SSSR count). The van der Waals surface area contributed by atoms with Crippen molar-refractivity contribution in [1.29, 1.82) is 0 Å². The highest BCUT2D eigenvalue weighted by atomic mass is 16.2. The van der Waals surface area contributed by atoms with Gasteiger partial charge in [0.15, 0.2) is 0 Å². The first-order valence-electron chi connectivity index (χ1n) is 8.14. The van der Waals surface area contributed by atoms with Gasteiger partial charge in [0.05, 0.1) is 0 Å². The summed E-state index contributed by atoms with van der Waals surface area (Å²) in [6, 6.07) is 6.90. The Bertz CT molecular complexity index is 554. The summed E-state index contributed by atoms with van der Waals surface area (Å²) in [5.41, 5.74) is 7.62. The number of rotatable bonds is 5. The van der Waals surface area contributed by atoms with Gasteiger partial charge in [-0.25, -0.2) is 0 Å². The minimum Gasteiger partial charge on any atom is -0.372 e. The zero-order valence-electron chi connectivity index (χ0n) is 14.1. The number of benzene rings is 1. The molecule has 1 fully saturated rings. The van der Waals surface area contributed by atoms with E-state index in [1.165, 1.54) is 0 Å². The third-order valence-corrected chi connectivity index (χ3v) is 4.39. The van der Waals surface area contributed by atoms with Crippen LogP contribution < -0.4 is 16.0 Å². The first-order chi connectivity index (χ1) is 11.0. The molecule has 126 valence electrons. The number of likely N-dealkylation sites (tertiary alicyclic amines) is 1. The van der Waals surface area contributed by atoms with Gasteiger partial charge < -0.3 is 20.9 Å². The fourth-order valence-corrected chi connectivity index (χ4v) is 3.08. The van der Waals surface area contributed by atoms with E-state index in [2.05, 4.69) is 24.1 Å². The molecule has 1 aromatic rings. The van der Waals surface area contributed by atoms with E-state index >= 15 is 0 Å². The van der Waals surface area contributed by atoms with Crippen molar-refractivity contribution in [2.24, 2.45) is 5.73 Å². The Morgan fingerprint density at radius 1 is 1.26 bits per heavy atom. The van der Waals surface area contributed by atoms with Crippen molar-refractivity contribution in [2.75, 3.05) is 31.6 Å². The number of hydrogen-bond acceptors (Lipinski definition) is 4. The minimum atomic E-state index is -0.482. The first kappa shape index (κ1) is 17.3. The molecule has 1 aromatic carbocycles. The van der Waals surface area contributed by atoms with Gasteiger partial charge in [-0.05, 0) is 44.5 Å². The molecule has 23 heavy (non-hydrogen) atoms. The topological polar surface area (TPSA) is 78.7 Å². The predicted octanol–water partition coefficient (Wildman–Crippen LogP) is 0.821. The molecule has 2 amide bonds. The molecule has 0 aromatic heterocycles. The SMILES string of the molecule is CCN(CC)c1ccc(C(=O)N2C[C@H](N)C[C@H]2C(=O)NC)cc1. The number of nitrogens with zero attached hydrogens (tertiary/aromatic N) is 2. The third-order valence-electron chi connectivity index (χ3n) is 4.39. The van der Waals surface area contributed by atoms with E-state index in [9.17, 15) is 9.59 Å². The van der Waals surface area contributed by atoms with Crippen LogP contribution >= 0.6 is 0 Å². The van der Waals surface area contributed by atoms with Crippen molar-refractivity contribution >= 4 is 17.5 Å². The van der Waals surface area contributed by atoms with Crippen LogP contribution in [0.1, 0.15) is 30.6 Å². The summed E-state index contributed by atoms with van der Waals surface area (Å²) in [7, 11) is 1.58. The van der Waals surface area contributed by atoms with Crippen molar-refractivity contribution < 1.29 is 9.59 Å². The zero-order chi connectivity index (χ0) is 17.0. The summed E-state index contributed by atoms with van der Waals surface area (Å²) >= 11 is 0. The molecule has 2 atom stereocenters. The van der Waals surface area contributed by atoms with Crippen molar-refractivity contribution in [3.05, 3.63) is 29.8 Å². The van der Waals surface area contributed by atoms with Crippen molar-refractivity contribution in [3.8, 4) is 0 Å². The predicted molar refractivity (Wildman–Crippen MR) is 91.5 cm³/mol. The lowest BCUT2D eigenvalue weighted by atomic mass is 10.1. The Kier molecular flexibility index (Phi) is 5.60. The normalized spacial score (nSPS) is 20.4. The van der Waals surface area contributed by atoms with E-state index in [0.29, 0.717) is 18.5 Å². The summed E-state index contributed by atoms with van der Waals surface area (Å²) in [5, 5.41) is 2.61. The molecule has 1 saturated heterocycles. The molecule has 0 aliphatic carbocycles. The number of nitrogens with two attached hydrogens (primary N) is 1. The number of anilines is 1. The van der Waals surface area contributed by atoms with Crippen LogP contribution in [0.4, 0.5) is 5.69 Å². The monoisotopic (exact) mass is 318 g/mol. The highest BCUT2D eigenvalue weighted by Crippen LogP contribution is 2.21. The lowest BCUT2D eigenvalue weighted by Gasteiger charge is -2.24. The average Bonchev–Trinajstić information content (AvgIpc) is 2.97. The summed E-state index contributed by atoms with van der Waals surface area (Å²) in [5.74, 6) is -0.302. The number of nitrogens with one attached hydrogen (secondary N) is 1. The van der Waals surface area contributed by atoms with Gasteiger partial charge in [-0.15, -0.1) is 0 Å². The maximum Gasteiger partial charge on any atom is 0.254 e. The van der Waals surface area contributed by atoms with Crippen LogP contribution in [0.25, 0.3) is 0 Å². The number of carbonyl (C=O) groups is 2. The van der Waals surface area contributed by atoms with E-state index in [0.717, 1.165) is 18.8 Å². The molecule has 0 spiro atoms. The van der Waals surface area contributed by atoms with Gasteiger partial charge in [-0.3, -0.25) is 9.59 Å². The third kappa shape index (κ3) is 3.64. The summed E-state index contributed by atoms with van der Waals surface area (Å²) in [6.07, 6.45) is 0.503. The molecular formula is C17H26N4O2. The van der Waals surface area contributed by atoms with Gasteiger partial charge in [0.2, 0.25) is 5.91 Å². The van der Waals surface area contributed by atoms with E-state index < -0.39 is 6.04 Å². The molecule has 0 radical (unpaired) electrons. The second kappa shape index (κ2) is 7.46. The van der Waals surface area contributed by atoms with Crippen molar-refractivity contribution in [2.45, 2.75) is 32.4 Å². The van der Waals surface area contributed by atoms with Gasteiger partial charge in [0.1, 0.15) is 6.04 Å². The number of hydrogen-bond donors (Lipinski definition) is 2. The van der Waals surface area contributed by atoms with Crippen LogP contribution in [-0.2, 0) is 4.79 Å². The Morgan fingerprint density at radius 2 is 1.87 bits per heavy atom. The smallest absolute Gasteiger partial charge is 0.254 e. The van der Waals surface area contributed by atoms with Gasteiger partial charge in [-0.1, -0.05) is 0 Å². The molecule has 6 nitrogen and oxygen atoms in total. The van der Waals surface area contributed by atoms with E-state index in [4.69, 9.17) is 5.73 Å². The standard InChI is InChI=1S/C17H26N4O2/c1-4-20(5-2)14-8-6-12(7-9-14)17(23)21-11-13(18)10-15(21)16(22)19-3/h6-9,13,15H,4-5,10-11,18H2,1-3H3,(H,19,22)/t13-,15+/m1/s1. The fourth-order valence-electron chi connectivity index (χ4n) is 3.08. The van der Waals surface area contributed by atoms with Crippen LogP contribution in [-0.4, -0.2) is 55.5 Å². The van der Waals surface area contributed by atoms with E-state index in [1.807, 2.05) is 24.3 Å². The highest BCUT2D eigenvalue weighted by Gasteiger charge is 2.37. The van der Waals surface area contributed by atoms with Gasteiger partial charge in [0.25, 0.3) is 5.91 Å². The molecule has 0 bridgehead atoms. The average molecular weight is 318 g/mol. The summed E-state index contributed by atoms with van der Waals surface area (Å²) in [4.78, 5) is 28.5. The molecule has 1 aliphatic heterocycles. The molecule has 6 heteroatoms. The molecular weight excluding hydrogens is 292 g/mol. The Labute approximate surface area is 137 Å². The van der Waals surface area contributed by atoms with Crippen LogP contribution in [0.15, 0.2) is 24.3 Å². The largest absolute Gasteiger partial charge is 0.372 e. The van der Waals surface area contributed by atoms with Crippen LogP contribution in [0.3, 0.4) is 0 Å². The van der Waals surface area contributed by atoms with E-state index in [-0.39, 0.29) is 17.9 Å². The lowest BCUT2D eigenvalue weighted by molar-refractivity contribution is -0.124. The Morgan fingerprint density at radius 3 is 2.39 bits per heavy atom. The number of likely N-dealkylation sites (N-methyl/N-ethyl adjacent to an activating group) is 1.